The van der Waals surface area contributed by atoms with Gasteiger partial charge in [0.15, 0.2) is 0 Å². The Hall–Kier alpha value is -2.40. The second kappa shape index (κ2) is 6.58. The van der Waals surface area contributed by atoms with Crippen molar-refractivity contribution in [1.29, 1.82) is 0 Å². The summed E-state index contributed by atoms with van der Waals surface area (Å²) in [7, 11) is 0. The summed E-state index contributed by atoms with van der Waals surface area (Å²) in [6.45, 7) is 3.86. The minimum absolute atomic E-state index is 0.132. The highest BCUT2D eigenvalue weighted by atomic mass is 35.5. The summed E-state index contributed by atoms with van der Waals surface area (Å²) in [5.74, 6) is -2.27. The molecule has 4 nitrogen and oxygen atoms in total. The molecule has 2 aromatic carbocycles. The van der Waals surface area contributed by atoms with Gasteiger partial charge in [-0.2, -0.15) is 0 Å². The molecule has 2 N–H and O–H groups in total. The standard InChI is InChI=1S/C16H14ClFN2O2/c1-9-3-4-11(7-10(9)2)19-15(21)16(22)20-12-5-6-14(18)13(17)8-12/h3-8H,1-2H3,(H,19,21)(H,20,22). The zero-order chi connectivity index (χ0) is 16.3. The molecule has 22 heavy (non-hydrogen) atoms. The Kier molecular flexibility index (Phi) is 4.78. The molecule has 0 heterocycles. The fourth-order valence-corrected chi connectivity index (χ4v) is 1.95. The number of carbonyl (C=O) groups is 2. The molecular weight excluding hydrogens is 307 g/mol. The largest absolute Gasteiger partial charge is 0.318 e. The molecule has 0 aliphatic carbocycles. The van der Waals surface area contributed by atoms with E-state index < -0.39 is 17.6 Å². The first kappa shape index (κ1) is 16.0. The number of aryl methyl sites for hydroxylation is 2. The fraction of sp³-hybridized carbons (Fsp3) is 0.125. The molecule has 0 spiro atoms. The third kappa shape index (κ3) is 3.83. The summed E-state index contributed by atoms with van der Waals surface area (Å²) in [6, 6.07) is 9.00. The van der Waals surface area contributed by atoms with Crippen LogP contribution in [0, 0.1) is 19.7 Å². The Morgan fingerprint density at radius 2 is 1.45 bits per heavy atom. The summed E-state index contributed by atoms with van der Waals surface area (Å²) in [5, 5.41) is 4.72. The Bertz CT molecular complexity index is 683. The van der Waals surface area contributed by atoms with Crippen LogP contribution in [0.4, 0.5) is 15.8 Å². The second-order valence-corrected chi connectivity index (χ2v) is 5.24. The maximum atomic E-state index is 13.0. The smallest absolute Gasteiger partial charge is 0.314 e. The summed E-state index contributed by atoms with van der Waals surface area (Å²) in [6.07, 6.45) is 0. The van der Waals surface area contributed by atoms with Crippen molar-refractivity contribution < 1.29 is 14.0 Å². The van der Waals surface area contributed by atoms with Crippen molar-refractivity contribution in [3.63, 3.8) is 0 Å². The molecule has 0 fully saturated rings. The van der Waals surface area contributed by atoms with E-state index in [1.807, 2.05) is 19.9 Å². The van der Waals surface area contributed by atoms with Crippen molar-refractivity contribution in [2.45, 2.75) is 13.8 Å². The number of benzene rings is 2. The molecule has 0 radical (unpaired) electrons. The van der Waals surface area contributed by atoms with E-state index in [4.69, 9.17) is 11.6 Å². The van der Waals surface area contributed by atoms with Gasteiger partial charge >= 0.3 is 11.8 Å². The van der Waals surface area contributed by atoms with Gasteiger partial charge in [0.05, 0.1) is 5.02 Å². The highest BCUT2D eigenvalue weighted by Gasteiger charge is 2.15. The second-order valence-electron chi connectivity index (χ2n) is 4.84. The van der Waals surface area contributed by atoms with Crippen LogP contribution in [0.2, 0.25) is 5.02 Å². The van der Waals surface area contributed by atoms with Crippen LogP contribution < -0.4 is 10.6 Å². The number of amides is 2. The number of hydrogen-bond acceptors (Lipinski definition) is 2. The van der Waals surface area contributed by atoms with Crippen molar-refractivity contribution in [3.8, 4) is 0 Å². The van der Waals surface area contributed by atoms with Gasteiger partial charge in [-0.1, -0.05) is 17.7 Å². The molecule has 6 heteroatoms. The third-order valence-corrected chi connectivity index (χ3v) is 3.44. The van der Waals surface area contributed by atoms with Crippen LogP contribution >= 0.6 is 11.6 Å². The number of rotatable bonds is 2. The van der Waals surface area contributed by atoms with Crippen molar-refractivity contribution in [1.82, 2.24) is 0 Å². The van der Waals surface area contributed by atoms with Gasteiger partial charge < -0.3 is 10.6 Å². The van der Waals surface area contributed by atoms with Crippen LogP contribution in [0.15, 0.2) is 36.4 Å². The number of nitrogens with one attached hydrogen (secondary N) is 2. The van der Waals surface area contributed by atoms with Crippen molar-refractivity contribution >= 4 is 34.8 Å². The van der Waals surface area contributed by atoms with E-state index in [0.29, 0.717) is 5.69 Å². The maximum absolute atomic E-state index is 13.0. The highest BCUT2D eigenvalue weighted by Crippen LogP contribution is 2.19. The molecule has 2 aromatic rings. The van der Waals surface area contributed by atoms with E-state index in [9.17, 15) is 14.0 Å². The van der Waals surface area contributed by atoms with E-state index >= 15 is 0 Å². The molecule has 2 rings (SSSR count). The molecule has 0 saturated heterocycles. The van der Waals surface area contributed by atoms with Crippen LogP contribution in [-0.2, 0) is 9.59 Å². The lowest BCUT2D eigenvalue weighted by atomic mass is 10.1. The van der Waals surface area contributed by atoms with E-state index in [1.165, 1.54) is 12.1 Å². The van der Waals surface area contributed by atoms with Crippen molar-refractivity contribution in [2.24, 2.45) is 0 Å². The van der Waals surface area contributed by atoms with Crippen LogP contribution in [0.5, 0.6) is 0 Å². The van der Waals surface area contributed by atoms with E-state index in [2.05, 4.69) is 10.6 Å². The predicted molar refractivity (Wildman–Crippen MR) is 84.6 cm³/mol. The molecular formula is C16H14ClFN2O2. The summed E-state index contributed by atoms with van der Waals surface area (Å²) in [5.41, 5.74) is 2.86. The molecule has 0 bridgehead atoms. The monoisotopic (exact) mass is 320 g/mol. The lowest BCUT2D eigenvalue weighted by Crippen LogP contribution is -2.29. The third-order valence-electron chi connectivity index (χ3n) is 3.15. The van der Waals surface area contributed by atoms with Gasteiger partial charge in [-0.3, -0.25) is 9.59 Å². The van der Waals surface area contributed by atoms with Gasteiger partial charge in [-0.05, 0) is 55.3 Å². The zero-order valence-electron chi connectivity index (χ0n) is 12.0. The quantitative estimate of drug-likeness (QED) is 0.829. The first-order valence-corrected chi connectivity index (χ1v) is 6.89. The van der Waals surface area contributed by atoms with Gasteiger partial charge in [0.25, 0.3) is 0 Å². The summed E-state index contributed by atoms with van der Waals surface area (Å²) >= 11 is 5.61. The van der Waals surface area contributed by atoms with Gasteiger partial charge in [0.2, 0.25) is 0 Å². The van der Waals surface area contributed by atoms with Gasteiger partial charge in [-0.15, -0.1) is 0 Å². The average molecular weight is 321 g/mol. The lowest BCUT2D eigenvalue weighted by molar-refractivity contribution is -0.132. The Morgan fingerprint density at radius 1 is 0.909 bits per heavy atom. The number of hydrogen-bond donors (Lipinski definition) is 2. The van der Waals surface area contributed by atoms with Crippen LogP contribution in [0.25, 0.3) is 0 Å². The maximum Gasteiger partial charge on any atom is 0.314 e. The molecule has 0 aliphatic rings. The molecule has 114 valence electrons. The molecule has 0 unspecified atom stereocenters. The summed E-state index contributed by atoms with van der Waals surface area (Å²) in [4.78, 5) is 23.6. The minimum Gasteiger partial charge on any atom is -0.318 e. The highest BCUT2D eigenvalue weighted by molar-refractivity contribution is 6.43. The molecule has 0 atom stereocenters. The van der Waals surface area contributed by atoms with Crippen molar-refractivity contribution in [2.75, 3.05) is 10.6 Å². The predicted octanol–water partition coefficient (Wildman–Crippen LogP) is 3.67. The van der Waals surface area contributed by atoms with Crippen LogP contribution in [0.1, 0.15) is 11.1 Å². The van der Waals surface area contributed by atoms with Crippen LogP contribution in [-0.4, -0.2) is 11.8 Å². The minimum atomic E-state index is -0.860. The first-order valence-electron chi connectivity index (χ1n) is 6.51. The van der Waals surface area contributed by atoms with Gasteiger partial charge in [-0.25, -0.2) is 4.39 Å². The number of carbonyl (C=O) groups excluding carboxylic acids is 2. The first-order chi connectivity index (χ1) is 10.4. The Morgan fingerprint density at radius 3 is 2.00 bits per heavy atom. The Balaban J connectivity index is 2.04. The van der Waals surface area contributed by atoms with Crippen molar-refractivity contribution in [3.05, 3.63) is 58.4 Å². The fourth-order valence-electron chi connectivity index (χ4n) is 1.77. The summed E-state index contributed by atoms with van der Waals surface area (Å²) < 4.78 is 13.0. The van der Waals surface area contributed by atoms with Gasteiger partial charge in [0, 0.05) is 11.4 Å². The normalized spacial score (nSPS) is 10.2. The van der Waals surface area contributed by atoms with E-state index in [1.54, 1.807) is 12.1 Å². The van der Waals surface area contributed by atoms with E-state index in [0.717, 1.165) is 17.2 Å². The molecule has 0 saturated carbocycles. The zero-order valence-corrected chi connectivity index (χ0v) is 12.8. The number of anilines is 2. The van der Waals surface area contributed by atoms with E-state index in [-0.39, 0.29) is 10.7 Å². The number of halogens is 2. The topological polar surface area (TPSA) is 58.2 Å². The molecule has 0 aliphatic heterocycles. The molecule has 2 amide bonds. The SMILES string of the molecule is Cc1ccc(NC(=O)C(=O)Nc2ccc(F)c(Cl)c2)cc1C. The average Bonchev–Trinajstić information content (AvgIpc) is 2.46. The van der Waals surface area contributed by atoms with Crippen LogP contribution in [0.3, 0.4) is 0 Å². The lowest BCUT2D eigenvalue weighted by Gasteiger charge is -2.08. The Labute approximate surface area is 132 Å². The molecule has 0 aromatic heterocycles. The van der Waals surface area contributed by atoms with Gasteiger partial charge in [0.1, 0.15) is 5.82 Å².